The lowest BCUT2D eigenvalue weighted by Gasteiger charge is -2.36. The van der Waals surface area contributed by atoms with Gasteiger partial charge in [0, 0.05) is 29.0 Å². The maximum absolute atomic E-state index is 10.8. The van der Waals surface area contributed by atoms with E-state index >= 15 is 0 Å². The molecule has 6 nitrogen and oxygen atoms in total. The van der Waals surface area contributed by atoms with Gasteiger partial charge in [-0.3, -0.25) is 0 Å². The lowest BCUT2D eigenvalue weighted by atomic mass is 9.78. The Balaban J connectivity index is 1.81. The Bertz CT molecular complexity index is 818. The molecule has 3 unspecified atom stereocenters. The van der Waals surface area contributed by atoms with Crippen LogP contribution in [0.1, 0.15) is 37.3 Å². The number of phenolic OH excluding ortho intramolecular Hbond substituents is 1. The SMILES string of the molecule is CCCOc1cccc(C2c3cc4c(cc3OC(O)C2C)OCO4)c1O. The van der Waals surface area contributed by atoms with Gasteiger partial charge < -0.3 is 29.2 Å². The van der Waals surface area contributed by atoms with Gasteiger partial charge in [-0.2, -0.15) is 0 Å². The van der Waals surface area contributed by atoms with Crippen LogP contribution in [-0.4, -0.2) is 29.9 Å². The summed E-state index contributed by atoms with van der Waals surface area (Å²) >= 11 is 0. The number of para-hydroxylation sites is 1. The highest BCUT2D eigenvalue weighted by atomic mass is 16.7. The number of hydrogen-bond acceptors (Lipinski definition) is 6. The molecule has 2 aliphatic heterocycles. The number of fused-ring (bicyclic) bond motifs is 2. The summed E-state index contributed by atoms with van der Waals surface area (Å²) in [6, 6.07) is 9.04. The molecule has 0 radical (unpaired) electrons. The van der Waals surface area contributed by atoms with Gasteiger partial charge in [-0.15, -0.1) is 0 Å². The van der Waals surface area contributed by atoms with Gasteiger partial charge in [0.25, 0.3) is 0 Å². The summed E-state index contributed by atoms with van der Waals surface area (Å²) < 4.78 is 22.2. The highest BCUT2D eigenvalue weighted by molar-refractivity contribution is 5.58. The van der Waals surface area contributed by atoms with Crippen molar-refractivity contribution in [3.63, 3.8) is 0 Å². The molecule has 2 aromatic carbocycles. The van der Waals surface area contributed by atoms with E-state index in [0.717, 1.165) is 12.0 Å². The Morgan fingerprint density at radius 2 is 1.88 bits per heavy atom. The normalized spacial score (nSPS) is 23.3. The van der Waals surface area contributed by atoms with Crippen molar-refractivity contribution in [2.75, 3.05) is 13.4 Å². The standard InChI is InChI=1S/C20H22O6/c1-3-7-23-14-6-4-5-12(19(14)21)18-11(2)20(22)26-15-9-17-16(8-13(15)18)24-10-25-17/h4-6,8-9,11,18,20-22H,3,7,10H2,1-2H3. The first kappa shape index (κ1) is 16.8. The molecular formula is C20H22O6. The van der Waals surface area contributed by atoms with E-state index in [1.807, 2.05) is 32.0 Å². The Morgan fingerprint density at radius 1 is 1.12 bits per heavy atom. The molecule has 2 aromatic rings. The van der Waals surface area contributed by atoms with E-state index in [9.17, 15) is 10.2 Å². The fraction of sp³-hybridized carbons (Fsp3) is 0.400. The van der Waals surface area contributed by atoms with Crippen molar-refractivity contribution in [3.8, 4) is 28.7 Å². The van der Waals surface area contributed by atoms with Gasteiger partial charge >= 0.3 is 0 Å². The Morgan fingerprint density at radius 3 is 2.65 bits per heavy atom. The first-order chi connectivity index (χ1) is 12.6. The number of aliphatic hydroxyl groups excluding tert-OH is 1. The first-order valence-corrected chi connectivity index (χ1v) is 8.83. The van der Waals surface area contributed by atoms with E-state index in [0.29, 0.717) is 35.2 Å². The molecular weight excluding hydrogens is 336 g/mol. The van der Waals surface area contributed by atoms with Crippen LogP contribution >= 0.6 is 0 Å². The summed E-state index contributed by atoms with van der Waals surface area (Å²) in [7, 11) is 0. The van der Waals surface area contributed by atoms with Gasteiger partial charge in [0.1, 0.15) is 5.75 Å². The molecule has 2 aliphatic rings. The van der Waals surface area contributed by atoms with Gasteiger partial charge in [0.15, 0.2) is 23.0 Å². The van der Waals surface area contributed by atoms with Crippen LogP contribution in [0.25, 0.3) is 0 Å². The van der Waals surface area contributed by atoms with E-state index in [-0.39, 0.29) is 24.4 Å². The molecule has 2 N–H and O–H groups in total. The van der Waals surface area contributed by atoms with E-state index in [4.69, 9.17) is 18.9 Å². The second kappa shape index (κ2) is 6.61. The molecule has 0 saturated heterocycles. The van der Waals surface area contributed by atoms with Gasteiger partial charge in [0.05, 0.1) is 6.61 Å². The molecule has 4 rings (SSSR count). The Hall–Kier alpha value is -2.60. The van der Waals surface area contributed by atoms with E-state index in [1.54, 1.807) is 12.1 Å². The quantitative estimate of drug-likeness (QED) is 0.872. The van der Waals surface area contributed by atoms with Crippen molar-refractivity contribution < 1.29 is 29.2 Å². The average Bonchev–Trinajstić information content (AvgIpc) is 3.08. The van der Waals surface area contributed by atoms with Crippen molar-refractivity contribution in [2.24, 2.45) is 5.92 Å². The average molecular weight is 358 g/mol. The number of aliphatic hydroxyl groups is 1. The molecule has 0 amide bonds. The molecule has 0 aliphatic carbocycles. The molecule has 3 atom stereocenters. The van der Waals surface area contributed by atoms with E-state index < -0.39 is 6.29 Å². The molecule has 0 aromatic heterocycles. The van der Waals surface area contributed by atoms with Crippen LogP contribution in [-0.2, 0) is 0 Å². The summed E-state index contributed by atoms with van der Waals surface area (Å²) in [6.07, 6.45) is -0.144. The van der Waals surface area contributed by atoms with Crippen LogP contribution in [0.3, 0.4) is 0 Å². The van der Waals surface area contributed by atoms with Crippen molar-refractivity contribution in [1.82, 2.24) is 0 Å². The topological polar surface area (TPSA) is 77.4 Å². The molecule has 0 spiro atoms. The fourth-order valence-corrected chi connectivity index (χ4v) is 3.54. The highest BCUT2D eigenvalue weighted by Gasteiger charge is 2.38. The highest BCUT2D eigenvalue weighted by Crippen LogP contribution is 2.51. The maximum atomic E-state index is 10.8. The third-order valence-electron chi connectivity index (χ3n) is 4.89. The van der Waals surface area contributed by atoms with Crippen molar-refractivity contribution in [1.29, 1.82) is 0 Å². The summed E-state index contributed by atoms with van der Waals surface area (Å²) in [5, 5.41) is 21.2. The lowest BCUT2D eigenvalue weighted by molar-refractivity contribution is -0.0730. The molecule has 138 valence electrons. The summed E-state index contributed by atoms with van der Waals surface area (Å²) in [4.78, 5) is 0. The molecule has 2 heterocycles. The number of phenols is 1. The molecule has 0 saturated carbocycles. The monoisotopic (exact) mass is 358 g/mol. The van der Waals surface area contributed by atoms with Crippen molar-refractivity contribution in [3.05, 3.63) is 41.5 Å². The fourth-order valence-electron chi connectivity index (χ4n) is 3.54. The van der Waals surface area contributed by atoms with Crippen LogP contribution in [0.2, 0.25) is 0 Å². The van der Waals surface area contributed by atoms with Crippen LogP contribution in [0.5, 0.6) is 28.7 Å². The van der Waals surface area contributed by atoms with E-state index in [1.165, 1.54) is 0 Å². The number of ether oxygens (including phenoxy) is 4. The molecule has 6 heteroatoms. The van der Waals surface area contributed by atoms with Gasteiger partial charge in [0.2, 0.25) is 13.1 Å². The summed E-state index contributed by atoms with van der Waals surface area (Å²) in [6.45, 7) is 4.59. The van der Waals surface area contributed by atoms with Gasteiger partial charge in [-0.25, -0.2) is 0 Å². The summed E-state index contributed by atoms with van der Waals surface area (Å²) in [5.74, 6) is 1.76. The predicted molar refractivity (Wildman–Crippen MR) is 94.1 cm³/mol. The second-order valence-electron chi connectivity index (χ2n) is 6.63. The first-order valence-electron chi connectivity index (χ1n) is 8.83. The molecule has 0 bridgehead atoms. The van der Waals surface area contributed by atoms with Crippen LogP contribution in [0.4, 0.5) is 0 Å². The van der Waals surface area contributed by atoms with Crippen LogP contribution < -0.4 is 18.9 Å². The van der Waals surface area contributed by atoms with Gasteiger partial charge in [-0.05, 0) is 18.6 Å². The molecule has 0 fully saturated rings. The predicted octanol–water partition coefficient (Wildman–Crippen LogP) is 3.39. The largest absolute Gasteiger partial charge is 0.504 e. The Kier molecular flexibility index (Phi) is 4.28. The smallest absolute Gasteiger partial charge is 0.231 e. The zero-order valence-electron chi connectivity index (χ0n) is 14.8. The number of benzene rings is 2. The third-order valence-corrected chi connectivity index (χ3v) is 4.89. The zero-order chi connectivity index (χ0) is 18.3. The second-order valence-corrected chi connectivity index (χ2v) is 6.63. The van der Waals surface area contributed by atoms with Crippen molar-refractivity contribution >= 4 is 0 Å². The zero-order valence-corrected chi connectivity index (χ0v) is 14.8. The number of rotatable bonds is 4. The Labute approximate surface area is 151 Å². The number of hydrogen-bond donors (Lipinski definition) is 2. The maximum Gasteiger partial charge on any atom is 0.231 e. The van der Waals surface area contributed by atoms with E-state index in [2.05, 4.69) is 0 Å². The van der Waals surface area contributed by atoms with Crippen LogP contribution in [0.15, 0.2) is 30.3 Å². The molecule has 26 heavy (non-hydrogen) atoms. The van der Waals surface area contributed by atoms with Crippen molar-refractivity contribution in [2.45, 2.75) is 32.5 Å². The number of aromatic hydroxyl groups is 1. The van der Waals surface area contributed by atoms with Gasteiger partial charge in [-0.1, -0.05) is 26.0 Å². The third kappa shape index (κ3) is 2.70. The minimum atomic E-state index is -0.993. The van der Waals surface area contributed by atoms with Crippen LogP contribution in [0, 0.1) is 5.92 Å². The minimum absolute atomic E-state index is 0.0931. The minimum Gasteiger partial charge on any atom is -0.504 e. The summed E-state index contributed by atoms with van der Waals surface area (Å²) in [5.41, 5.74) is 1.53. The lowest BCUT2D eigenvalue weighted by Crippen LogP contribution is -2.34.